The maximum Gasteiger partial charge on any atom is 0.231 e. The molecule has 5 heteroatoms. The number of methoxy groups -OCH3 is 1. The van der Waals surface area contributed by atoms with Gasteiger partial charge in [0.25, 0.3) is 0 Å². The molecule has 0 aliphatic carbocycles. The van der Waals surface area contributed by atoms with Gasteiger partial charge in [0.1, 0.15) is 11.6 Å². The van der Waals surface area contributed by atoms with Crippen molar-refractivity contribution in [1.82, 2.24) is 4.98 Å². The highest BCUT2D eigenvalue weighted by molar-refractivity contribution is 5.92. The van der Waals surface area contributed by atoms with E-state index in [0.29, 0.717) is 24.8 Å². The van der Waals surface area contributed by atoms with E-state index in [4.69, 9.17) is 9.47 Å². The van der Waals surface area contributed by atoms with E-state index in [1.807, 2.05) is 0 Å². The normalized spacial score (nSPS) is 19.4. The van der Waals surface area contributed by atoms with Gasteiger partial charge in [0, 0.05) is 18.9 Å². The van der Waals surface area contributed by atoms with Crippen molar-refractivity contribution >= 4 is 11.7 Å². The number of nitrogens with zero attached hydrogens (tertiary/aromatic N) is 1. The SMILES string of the molecule is COc1ccnc(NC(=O)[C@H]2CCOC2)c1. The van der Waals surface area contributed by atoms with E-state index in [-0.39, 0.29) is 11.8 Å². The molecule has 86 valence electrons. The summed E-state index contributed by atoms with van der Waals surface area (Å²) in [6.07, 6.45) is 2.37. The third-order valence-corrected chi connectivity index (χ3v) is 2.52. The molecule has 0 saturated carbocycles. The molecule has 1 fully saturated rings. The molecular formula is C11H14N2O3. The minimum atomic E-state index is -0.0620. The molecule has 1 atom stereocenters. The van der Waals surface area contributed by atoms with Crippen molar-refractivity contribution in [2.75, 3.05) is 25.6 Å². The van der Waals surface area contributed by atoms with Crippen LogP contribution in [-0.4, -0.2) is 31.2 Å². The molecule has 0 aromatic carbocycles. The number of anilines is 1. The van der Waals surface area contributed by atoms with Crippen LogP contribution in [0.15, 0.2) is 18.3 Å². The smallest absolute Gasteiger partial charge is 0.231 e. The van der Waals surface area contributed by atoms with Crippen LogP contribution >= 0.6 is 0 Å². The summed E-state index contributed by atoms with van der Waals surface area (Å²) in [5, 5.41) is 2.75. The third kappa shape index (κ3) is 2.49. The maximum absolute atomic E-state index is 11.7. The zero-order chi connectivity index (χ0) is 11.4. The van der Waals surface area contributed by atoms with Crippen molar-refractivity contribution in [3.8, 4) is 5.75 Å². The van der Waals surface area contributed by atoms with Gasteiger partial charge in [0.05, 0.1) is 19.6 Å². The molecule has 1 aliphatic heterocycles. The molecule has 2 heterocycles. The van der Waals surface area contributed by atoms with E-state index in [1.54, 1.807) is 25.4 Å². The lowest BCUT2D eigenvalue weighted by Gasteiger charge is -2.09. The number of hydrogen-bond donors (Lipinski definition) is 1. The van der Waals surface area contributed by atoms with E-state index < -0.39 is 0 Å². The Morgan fingerprint density at radius 2 is 2.56 bits per heavy atom. The number of aromatic nitrogens is 1. The van der Waals surface area contributed by atoms with Crippen molar-refractivity contribution in [1.29, 1.82) is 0 Å². The van der Waals surface area contributed by atoms with Gasteiger partial charge in [0.2, 0.25) is 5.91 Å². The lowest BCUT2D eigenvalue weighted by molar-refractivity contribution is -0.119. The fraction of sp³-hybridized carbons (Fsp3) is 0.455. The molecule has 5 nitrogen and oxygen atoms in total. The topological polar surface area (TPSA) is 60.5 Å². The molecule has 2 rings (SSSR count). The van der Waals surface area contributed by atoms with Crippen LogP contribution in [0, 0.1) is 5.92 Å². The first kappa shape index (κ1) is 10.9. The summed E-state index contributed by atoms with van der Waals surface area (Å²) in [6.45, 7) is 1.15. The average molecular weight is 222 g/mol. The number of rotatable bonds is 3. The summed E-state index contributed by atoms with van der Waals surface area (Å²) in [5.41, 5.74) is 0. The molecular weight excluding hydrogens is 208 g/mol. The number of nitrogens with one attached hydrogen (secondary N) is 1. The predicted molar refractivity (Wildman–Crippen MR) is 58.3 cm³/mol. The summed E-state index contributed by atoms with van der Waals surface area (Å²) in [4.78, 5) is 15.8. The van der Waals surface area contributed by atoms with E-state index in [1.165, 1.54) is 0 Å². The highest BCUT2D eigenvalue weighted by Crippen LogP contribution is 2.17. The van der Waals surface area contributed by atoms with Crippen LogP contribution < -0.4 is 10.1 Å². The second-order valence-electron chi connectivity index (χ2n) is 3.63. The van der Waals surface area contributed by atoms with E-state index in [2.05, 4.69) is 10.3 Å². The lowest BCUT2D eigenvalue weighted by Crippen LogP contribution is -2.23. The maximum atomic E-state index is 11.7. The third-order valence-electron chi connectivity index (χ3n) is 2.52. The predicted octanol–water partition coefficient (Wildman–Crippen LogP) is 1.07. The standard InChI is InChI=1S/C11H14N2O3/c1-15-9-2-4-12-10(6-9)13-11(14)8-3-5-16-7-8/h2,4,6,8H,3,5,7H2,1H3,(H,12,13,14)/t8-/m0/s1. The number of carbonyl (C=O) groups excluding carboxylic acids is 1. The van der Waals surface area contributed by atoms with Gasteiger partial charge in [-0.25, -0.2) is 4.98 Å². The van der Waals surface area contributed by atoms with E-state index >= 15 is 0 Å². The highest BCUT2D eigenvalue weighted by Gasteiger charge is 2.23. The summed E-state index contributed by atoms with van der Waals surface area (Å²) in [5.74, 6) is 1.08. The van der Waals surface area contributed by atoms with Crippen LogP contribution in [0.1, 0.15) is 6.42 Å². The first-order chi connectivity index (χ1) is 7.79. The Kier molecular flexibility index (Phi) is 3.36. The molecule has 1 N–H and O–H groups in total. The van der Waals surface area contributed by atoms with E-state index in [9.17, 15) is 4.79 Å². The second-order valence-corrected chi connectivity index (χ2v) is 3.63. The Labute approximate surface area is 93.8 Å². The van der Waals surface area contributed by atoms with Gasteiger partial charge < -0.3 is 14.8 Å². The van der Waals surface area contributed by atoms with Gasteiger partial charge in [0.15, 0.2) is 0 Å². The lowest BCUT2D eigenvalue weighted by atomic mass is 10.1. The number of amides is 1. The highest BCUT2D eigenvalue weighted by atomic mass is 16.5. The van der Waals surface area contributed by atoms with Crippen LogP contribution in [0.3, 0.4) is 0 Å². The van der Waals surface area contributed by atoms with Gasteiger partial charge in [-0.3, -0.25) is 4.79 Å². The monoisotopic (exact) mass is 222 g/mol. The zero-order valence-electron chi connectivity index (χ0n) is 9.10. The molecule has 0 spiro atoms. The van der Waals surface area contributed by atoms with Crippen molar-refractivity contribution in [3.05, 3.63) is 18.3 Å². The molecule has 1 aliphatic rings. The van der Waals surface area contributed by atoms with Crippen molar-refractivity contribution in [2.24, 2.45) is 5.92 Å². The average Bonchev–Trinajstić information content (AvgIpc) is 2.83. The van der Waals surface area contributed by atoms with Gasteiger partial charge in [-0.2, -0.15) is 0 Å². The van der Waals surface area contributed by atoms with Crippen molar-refractivity contribution in [3.63, 3.8) is 0 Å². The van der Waals surface area contributed by atoms with Crippen LogP contribution in [0.4, 0.5) is 5.82 Å². The van der Waals surface area contributed by atoms with Gasteiger partial charge in [-0.15, -0.1) is 0 Å². The Balaban J connectivity index is 1.99. The zero-order valence-corrected chi connectivity index (χ0v) is 9.10. The molecule has 1 saturated heterocycles. The van der Waals surface area contributed by atoms with Crippen molar-refractivity contribution in [2.45, 2.75) is 6.42 Å². The van der Waals surface area contributed by atoms with Crippen LogP contribution in [0.5, 0.6) is 5.75 Å². The summed E-state index contributed by atoms with van der Waals surface area (Å²) in [6, 6.07) is 3.42. The Morgan fingerprint density at radius 1 is 1.69 bits per heavy atom. The Bertz CT molecular complexity index is 375. The number of pyridine rings is 1. The molecule has 1 aromatic heterocycles. The van der Waals surface area contributed by atoms with E-state index in [0.717, 1.165) is 6.42 Å². The Morgan fingerprint density at radius 3 is 3.25 bits per heavy atom. The summed E-state index contributed by atoms with van der Waals surface area (Å²) < 4.78 is 10.2. The number of hydrogen-bond acceptors (Lipinski definition) is 4. The molecule has 1 aromatic rings. The molecule has 0 radical (unpaired) electrons. The minimum absolute atomic E-state index is 0.0433. The van der Waals surface area contributed by atoms with Crippen LogP contribution in [0.25, 0.3) is 0 Å². The minimum Gasteiger partial charge on any atom is -0.497 e. The van der Waals surface area contributed by atoms with Crippen molar-refractivity contribution < 1.29 is 14.3 Å². The van der Waals surface area contributed by atoms with Gasteiger partial charge in [-0.1, -0.05) is 0 Å². The second kappa shape index (κ2) is 4.94. The van der Waals surface area contributed by atoms with Crippen LogP contribution in [0.2, 0.25) is 0 Å². The fourth-order valence-electron chi connectivity index (χ4n) is 1.58. The largest absolute Gasteiger partial charge is 0.497 e. The first-order valence-electron chi connectivity index (χ1n) is 5.18. The molecule has 0 unspecified atom stereocenters. The molecule has 0 bridgehead atoms. The van der Waals surface area contributed by atoms with Gasteiger partial charge in [-0.05, 0) is 12.5 Å². The number of carbonyl (C=O) groups is 1. The first-order valence-corrected chi connectivity index (χ1v) is 5.18. The van der Waals surface area contributed by atoms with Gasteiger partial charge >= 0.3 is 0 Å². The quantitative estimate of drug-likeness (QED) is 0.830. The fourth-order valence-corrected chi connectivity index (χ4v) is 1.58. The molecule has 1 amide bonds. The number of ether oxygens (including phenoxy) is 2. The summed E-state index contributed by atoms with van der Waals surface area (Å²) in [7, 11) is 1.58. The summed E-state index contributed by atoms with van der Waals surface area (Å²) >= 11 is 0. The van der Waals surface area contributed by atoms with Crippen LogP contribution in [-0.2, 0) is 9.53 Å². The molecule has 16 heavy (non-hydrogen) atoms. The Hall–Kier alpha value is -1.62.